The van der Waals surface area contributed by atoms with E-state index in [9.17, 15) is 0 Å². The molecule has 1 aromatic rings. The van der Waals surface area contributed by atoms with E-state index < -0.39 is 0 Å². The Hall–Kier alpha value is -0.790. The number of nitrogens with zero attached hydrogens (tertiary/aromatic N) is 2. The normalized spacial score (nSPS) is 25.1. The van der Waals surface area contributed by atoms with Crippen LogP contribution in [0.1, 0.15) is 89.6 Å². The highest BCUT2D eigenvalue weighted by atomic mass is 15.3. The van der Waals surface area contributed by atoms with Crippen molar-refractivity contribution in [1.29, 1.82) is 0 Å². The van der Waals surface area contributed by atoms with Crippen molar-refractivity contribution in [3.05, 3.63) is 17.5 Å². The zero-order valence-corrected chi connectivity index (χ0v) is 14.0. The van der Waals surface area contributed by atoms with Gasteiger partial charge in [0.25, 0.3) is 0 Å². The van der Waals surface area contributed by atoms with Crippen LogP contribution in [-0.2, 0) is 0 Å². The Bertz CT molecular complexity index is 411. The number of rotatable bonds is 5. The Balaban J connectivity index is 2.00. The minimum Gasteiger partial charge on any atom is -0.266 e. The molecule has 1 unspecified atom stereocenters. The van der Waals surface area contributed by atoms with Gasteiger partial charge >= 0.3 is 0 Å². The summed E-state index contributed by atoms with van der Waals surface area (Å²) in [7, 11) is 0. The number of aryl methyl sites for hydroxylation is 1. The molecule has 0 amide bonds. The van der Waals surface area contributed by atoms with Crippen molar-refractivity contribution in [2.75, 3.05) is 0 Å². The molecule has 1 fully saturated rings. The van der Waals surface area contributed by atoms with E-state index in [4.69, 9.17) is 5.10 Å². The first kappa shape index (κ1) is 15.6. The molecule has 1 heterocycles. The van der Waals surface area contributed by atoms with E-state index in [-0.39, 0.29) is 0 Å². The van der Waals surface area contributed by atoms with Crippen molar-refractivity contribution in [2.45, 2.75) is 85.1 Å². The van der Waals surface area contributed by atoms with Gasteiger partial charge in [-0.1, -0.05) is 40.5 Å². The standard InChI is InChI=1S/C18H32N2/c1-6-7-14(4)16-8-10-17(11-9-16)20-18(13(2)3)12-15(5)19-20/h12-14,16-17H,6-11H2,1-5H3. The van der Waals surface area contributed by atoms with Crippen LogP contribution in [0.3, 0.4) is 0 Å². The summed E-state index contributed by atoms with van der Waals surface area (Å²) in [5, 5.41) is 4.78. The van der Waals surface area contributed by atoms with Gasteiger partial charge in [0.15, 0.2) is 0 Å². The van der Waals surface area contributed by atoms with E-state index in [2.05, 4.69) is 45.4 Å². The van der Waals surface area contributed by atoms with Crippen LogP contribution in [0.5, 0.6) is 0 Å². The van der Waals surface area contributed by atoms with Gasteiger partial charge in [-0.05, 0) is 56.4 Å². The average molecular weight is 276 g/mol. The van der Waals surface area contributed by atoms with Crippen molar-refractivity contribution in [2.24, 2.45) is 11.8 Å². The summed E-state index contributed by atoms with van der Waals surface area (Å²) < 4.78 is 2.35. The molecule has 1 aliphatic carbocycles. The molecule has 20 heavy (non-hydrogen) atoms. The maximum absolute atomic E-state index is 4.78. The van der Waals surface area contributed by atoms with Gasteiger partial charge in [0, 0.05) is 5.69 Å². The molecule has 0 spiro atoms. The van der Waals surface area contributed by atoms with Gasteiger partial charge in [-0.2, -0.15) is 5.10 Å². The number of hydrogen-bond acceptors (Lipinski definition) is 1. The molecule has 1 atom stereocenters. The predicted octanol–water partition coefficient (Wildman–Crippen LogP) is 5.48. The van der Waals surface area contributed by atoms with Crippen molar-refractivity contribution in [3.63, 3.8) is 0 Å². The molecular formula is C18H32N2. The fourth-order valence-corrected chi connectivity index (χ4v) is 3.87. The molecule has 0 radical (unpaired) electrons. The molecule has 2 rings (SSSR count). The maximum Gasteiger partial charge on any atom is 0.0596 e. The fourth-order valence-electron chi connectivity index (χ4n) is 3.87. The van der Waals surface area contributed by atoms with E-state index in [0.29, 0.717) is 12.0 Å². The smallest absolute Gasteiger partial charge is 0.0596 e. The molecule has 1 aliphatic rings. The van der Waals surface area contributed by atoms with Crippen molar-refractivity contribution < 1.29 is 0 Å². The van der Waals surface area contributed by atoms with Crippen LogP contribution in [0, 0.1) is 18.8 Å². The lowest BCUT2D eigenvalue weighted by atomic mass is 9.77. The molecule has 0 saturated heterocycles. The van der Waals surface area contributed by atoms with Crippen molar-refractivity contribution in [1.82, 2.24) is 9.78 Å². The summed E-state index contributed by atoms with van der Waals surface area (Å²) in [4.78, 5) is 0. The number of hydrogen-bond donors (Lipinski definition) is 0. The van der Waals surface area contributed by atoms with Gasteiger partial charge in [-0.25, -0.2) is 0 Å². The van der Waals surface area contributed by atoms with E-state index in [1.54, 1.807) is 0 Å². The summed E-state index contributed by atoms with van der Waals surface area (Å²) in [6.07, 6.45) is 8.15. The summed E-state index contributed by atoms with van der Waals surface area (Å²) in [5.74, 6) is 2.43. The highest BCUT2D eigenvalue weighted by molar-refractivity contribution is 5.13. The molecule has 0 aliphatic heterocycles. The summed E-state index contributed by atoms with van der Waals surface area (Å²) in [6.45, 7) is 11.4. The molecule has 2 heteroatoms. The molecule has 2 nitrogen and oxygen atoms in total. The molecule has 1 aromatic heterocycles. The van der Waals surface area contributed by atoms with Gasteiger partial charge in [0.05, 0.1) is 11.7 Å². The first-order chi connectivity index (χ1) is 9.52. The second kappa shape index (κ2) is 6.78. The molecule has 0 aromatic carbocycles. The lowest BCUT2D eigenvalue weighted by Gasteiger charge is -2.33. The monoisotopic (exact) mass is 276 g/mol. The third kappa shape index (κ3) is 3.45. The summed E-state index contributed by atoms with van der Waals surface area (Å²) in [6, 6.07) is 2.92. The fraction of sp³-hybridized carbons (Fsp3) is 0.833. The van der Waals surface area contributed by atoms with Gasteiger partial charge in [0.1, 0.15) is 0 Å². The van der Waals surface area contributed by atoms with E-state index >= 15 is 0 Å². The topological polar surface area (TPSA) is 17.8 Å². The van der Waals surface area contributed by atoms with Crippen LogP contribution >= 0.6 is 0 Å². The quantitative estimate of drug-likeness (QED) is 0.696. The SMILES string of the molecule is CCCC(C)C1CCC(n2nc(C)cc2C(C)C)CC1. The summed E-state index contributed by atoms with van der Waals surface area (Å²) in [5.41, 5.74) is 2.60. The zero-order chi connectivity index (χ0) is 14.7. The first-order valence-corrected chi connectivity index (χ1v) is 8.59. The second-order valence-electron chi connectivity index (χ2n) is 7.14. The van der Waals surface area contributed by atoms with Crippen molar-refractivity contribution >= 4 is 0 Å². The number of aromatic nitrogens is 2. The Morgan fingerprint density at radius 2 is 1.85 bits per heavy atom. The van der Waals surface area contributed by atoms with E-state index in [1.165, 1.54) is 49.9 Å². The van der Waals surface area contributed by atoms with E-state index in [1.807, 2.05) is 0 Å². The van der Waals surface area contributed by atoms with Gasteiger partial charge in [-0.15, -0.1) is 0 Å². The minimum absolute atomic E-state index is 0.577. The Morgan fingerprint density at radius 3 is 2.40 bits per heavy atom. The van der Waals surface area contributed by atoms with Gasteiger partial charge in [-0.3, -0.25) is 4.68 Å². The van der Waals surface area contributed by atoms with Crippen LogP contribution in [0.25, 0.3) is 0 Å². The Kier molecular flexibility index (Phi) is 5.29. The molecular weight excluding hydrogens is 244 g/mol. The van der Waals surface area contributed by atoms with Gasteiger partial charge < -0.3 is 0 Å². The highest BCUT2D eigenvalue weighted by Gasteiger charge is 2.27. The molecule has 0 bridgehead atoms. The van der Waals surface area contributed by atoms with Crippen LogP contribution < -0.4 is 0 Å². The minimum atomic E-state index is 0.577. The van der Waals surface area contributed by atoms with Gasteiger partial charge in [0.2, 0.25) is 0 Å². The molecule has 114 valence electrons. The van der Waals surface area contributed by atoms with Crippen LogP contribution in [0.2, 0.25) is 0 Å². The third-order valence-corrected chi connectivity index (χ3v) is 5.11. The van der Waals surface area contributed by atoms with Crippen LogP contribution in [0.4, 0.5) is 0 Å². The second-order valence-corrected chi connectivity index (χ2v) is 7.14. The predicted molar refractivity (Wildman–Crippen MR) is 86.1 cm³/mol. The van der Waals surface area contributed by atoms with Crippen molar-refractivity contribution in [3.8, 4) is 0 Å². The Labute approximate surface area is 125 Å². The summed E-state index contributed by atoms with van der Waals surface area (Å²) >= 11 is 0. The maximum atomic E-state index is 4.78. The van der Waals surface area contributed by atoms with E-state index in [0.717, 1.165) is 11.8 Å². The zero-order valence-electron chi connectivity index (χ0n) is 14.0. The highest BCUT2D eigenvalue weighted by Crippen LogP contribution is 2.38. The van der Waals surface area contributed by atoms with Crippen LogP contribution in [-0.4, -0.2) is 9.78 Å². The lowest BCUT2D eigenvalue weighted by molar-refractivity contribution is 0.197. The largest absolute Gasteiger partial charge is 0.266 e. The lowest BCUT2D eigenvalue weighted by Crippen LogP contribution is -2.24. The Morgan fingerprint density at radius 1 is 1.20 bits per heavy atom. The molecule has 1 saturated carbocycles. The average Bonchev–Trinajstić information content (AvgIpc) is 2.81. The van der Waals surface area contributed by atoms with Crippen LogP contribution in [0.15, 0.2) is 6.07 Å². The third-order valence-electron chi connectivity index (χ3n) is 5.11. The first-order valence-electron chi connectivity index (χ1n) is 8.59. The molecule has 0 N–H and O–H groups in total.